The van der Waals surface area contributed by atoms with Gasteiger partial charge in [0.05, 0.1) is 0 Å². The second-order valence-corrected chi connectivity index (χ2v) is 5.60. The molecule has 4 N–H and O–H groups in total. The standard InChI is InChI=1S/C17H19N7O2.W/c1-2-7-19-15(25)10-3-5-11(6-4-10)20-8-12-9-21-14-13(22-12)16(26)24-17(18)23-14;/h3-6,9H,2,7-8H2,1H3,(H5,18,19,20,21,23,24,25,26);/p-1. The first-order valence-electron chi connectivity index (χ1n) is 8.14. The number of carbonyl (C=O) groups is 1. The van der Waals surface area contributed by atoms with E-state index in [2.05, 4.69) is 30.6 Å². The van der Waals surface area contributed by atoms with Crippen molar-refractivity contribution in [1.29, 1.82) is 0 Å². The fourth-order valence-electron chi connectivity index (χ4n) is 2.28. The van der Waals surface area contributed by atoms with Crippen molar-refractivity contribution in [3.05, 3.63) is 57.4 Å². The number of benzene rings is 1. The van der Waals surface area contributed by atoms with E-state index in [0.29, 0.717) is 23.5 Å². The minimum atomic E-state index is -0.440. The number of carbonyl (C=O) groups excluding carboxylic acids is 1. The summed E-state index contributed by atoms with van der Waals surface area (Å²) in [5, 5.41) is 7.22. The molecule has 0 fully saturated rings. The number of aromatic nitrogens is 4. The minimum Gasteiger partial charge on any atom is -0.679 e. The predicted octanol–water partition coefficient (Wildman–Crippen LogP) is 1.64. The van der Waals surface area contributed by atoms with E-state index >= 15 is 0 Å². The number of nitrogens with zero attached hydrogens (tertiary/aromatic N) is 4. The summed E-state index contributed by atoms with van der Waals surface area (Å²) in [5.74, 6) is -0.109. The van der Waals surface area contributed by atoms with Crippen molar-refractivity contribution >= 4 is 28.7 Å². The largest absolute Gasteiger partial charge is 0.679 e. The number of H-pyrrole nitrogens is 1. The molecule has 0 bridgehead atoms. The Balaban J connectivity index is 0.00000261. The molecule has 1 amide bonds. The number of amides is 1. The van der Waals surface area contributed by atoms with Crippen molar-refractivity contribution in [2.75, 3.05) is 12.3 Å². The summed E-state index contributed by atoms with van der Waals surface area (Å²) in [6, 6.07) is 6.94. The summed E-state index contributed by atoms with van der Waals surface area (Å²) in [6.45, 7) is 2.89. The van der Waals surface area contributed by atoms with Crippen LogP contribution in [0.4, 0.5) is 11.6 Å². The Labute approximate surface area is 169 Å². The first-order valence-corrected chi connectivity index (χ1v) is 8.14. The summed E-state index contributed by atoms with van der Waals surface area (Å²) >= 11 is 0. The van der Waals surface area contributed by atoms with Gasteiger partial charge in [0, 0.05) is 45.1 Å². The SMILES string of the molecule is CCCNC(=O)c1ccc([N-]Cc2cnc3nc(N)[nH]c(=O)c3n2)cc1.[W]. The molecule has 2 heterocycles. The van der Waals surface area contributed by atoms with Crippen LogP contribution in [0.2, 0.25) is 0 Å². The third kappa shape index (κ3) is 5.10. The topological polar surface area (TPSA) is 141 Å². The second kappa shape index (κ2) is 9.23. The van der Waals surface area contributed by atoms with Crippen molar-refractivity contribution in [2.45, 2.75) is 19.9 Å². The fraction of sp³-hybridized carbons (Fsp3) is 0.235. The quantitative estimate of drug-likeness (QED) is 0.438. The molecule has 3 aromatic rings. The number of rotatable bonds is 6. The van der Waals surface area contributed by atoms with E-state index in [4.69, 9.17) is 5.73 Å². The summed E-state index contributed by atoms with van der Waals surface area (Å²) in [7, 11) is 0. The number of fused-ring (bicyclic) bond motifs is 1. The van der Waals surface area contributed by atoms with Gasteiger partial charge in [-0.3, -0.25) is 14.6 Å². The van der Waals surface area contributed by atoms with Gasteiger partial charge in [0.2, 0.25) is 5.95 Å². The molecule has 0 aliphatic heterocycles. The van der Waals surface area contributed by atoms with Crippen molar-refractivity contribution < 1.29 is 25.9 Å². The van der Waals surface area contributed by atoms with E-state index in [9.17, 15) is 9.59 Å². The third-order valence-electron chi connectivity index (χ3n) is 3.57. The van der Waals surface area contributed by atoms with Gasteiger partial charge >= 0.3 is 0 Å². The number of nitrogens with one attached hydrogen (secondary N) is 2. The Morgan fingerprint density at radius 3 is 2.70 bits per heavy atom. The Kier molecular flexibility index (Phi) is 7.01. The van der Waals surface area contributed by atoms with Crippen LogP contribution in [0.15, 0.2) is 35.3 Å². The van der Waals surface area contributed by atoms with Gasteiger partial charge in [0.15, 0.2) is 11.2 Å². The number of nitrogens with two attached hydrogens (primary N) is 1. The van der Waals surface area contributed by atoms with Crippen LogP contribution in [0, 0.1) is 0 Å². The zero-order valence-electron chi connectivity index (χ0n) is 14.6. The van der Waals surface area contributed by atoms with Crippen molar-refractivity contribution in [2.24, 2.45) is 0 Å². The van der Waals surface area contributed by atoms with Crippen LogP contribution < -0.4 is 16.6 Å². The first-order chi connectivity index (χ1) is 12.6. The van der Waals surface area contributed by atoms with Crippen LogP contribution in [0.1, 0.15) is 29.4 Å². The Morgan fingerprint density at radius 1 is 1.26 bits per heavy atom. The predicted molar refractivity (Wildman–Crippen MR) is 98.2 cm³/mol. The maximum Gasteiger partial charge on any atom is 0.280 e. The Bertz CT molecular complexity index is 989. The zero-order valence-corrected chi connectivity index (χ0v) is 17.5. The molecule has 0 spiro atoms. The molecular formula is C17H18N7O2W-. The van der Waals surface area contributed by atoms with E-state index in [-0.39, 0.29) is 50.6 Å². The Morgan fingerprint density at radius 2 is 2.00 bits per heavy atom. The Hall–Kier alpha value is -2.80. The number of nitrogen functional groups attached to an aromatic ring is 1. The monoisotopic (exact) mass is 536 g/mol. The summed E-state index contributed by atoms with van der Waals surface area (Å²) in [5.41, 5.74) is 7.15. The van der Waals surface area contributed by atoms with Crippen LogP contribution in [-0.4, -0.2) is 32.4 Å². The smallest absolute Gasteiger partial charge is 0.280 e. The van der Waals surface area contributed by atoms with Gasteiger partial charge in [-0.1, -0.05) is 37.7 Å². The third-order valence-corrected chi connectivity index (χ3v) is 3.57. The number of hydrogen-bond donors (Lipinski definition) is 3. The van der Waals surface area contributed by atoms with Crippen LogP contribution in [0.5, 0.6) is 0 Å². The molecule has 140 valence electrons. The van der Waals surface area contributed by atoms with Crippen LogP contribution in [0.3, 0.4) is 0 Å². The molecule has 0 saturated heterocycles. The van der Waals surface area contributed by atoms with E-state index in [0.717, 1.165) is 6.42 Å². The van der Waals surface area contributed by atoms with Gasteiger partial charge < -0.3 is 16.4 Å². The molecule has 0 unspecified atom stereocenters. The molecule has 0 aliphatic carbocycles. The van der Waals surface area contributed by atoms with Crippen LogP contribution >= 0.6 is 0 Å². The number of hydrogen-bond acceptors (Lipinski definition) is 6. The normalized spacial score (nSPS) is 10.3. The van der Waals surface area contributed by atoms with E-state index in [1.807, 2.05) is 6.92 Å². The number of aromatic amines is 1. The summed E-state index contributed by atoms with van der Waals surface area (Å²) < 4.78 is 0. The van der Waals surface area contributed by atoms with Crippen molar-refractivity contribution in [3.8, 4) is 0 Å². The second-order valence-electron chi connectivity index (χ2n) is 5.60. The van der Waals surface area contributed by atoms with Gasteiger partial charge in [0.1, 0.15) is 0 Å². The molecule has 3 rings (SSSR count). The summed E-state index contributed by atoms with van der Waals surface area (Å²) in [4.78, 5) is 38.4. The molecule has 0 radical (unpaired) electrons. The molecular weight excluding hydrogens is 518 g/mol. The van der Waals surface area contributed by atoms with E-state index in [1.165, 1.54) is 6.20 Å². The van der Waals surface area contributed by atoms with Gasteiger partial charge in [-0.05, 0) is 6.42 Å². The van der Waals surface area contributed by atoms with Crippen LogP contribution in [0.25, 0.3) is 16.5 Å². The minimum absolute atomic E-state index is 0. The van der Waals surface area contributed by atoms with E-state index in [1.54, 1.807) is 24.3 Å². The van der Waals surface area contributed by atoms with Crippen molar-refractivity contribution in [1.82, 2.24) is 25.3 Å². The van der Waals surface area contributed by atoms with E-state index < -0.39 is 5.56 Å². The maximum atomic E-state index is 11.9. The average Bonchev–Trinajstić information content (AvgIpc) is 2.65. The fourth-order valence-corrected chi connectivity index (χ4v) is 2.28. The molecule has 0 aliphatic rings. The maximum absolute atomic E-state index is 11.9. The van der Waals surface area contributed by atoms with Crippen LogP contribution in [-0.2, 0) is 27.6 Å². The average molecular weight is 536 g/mol. The van der Waals surface area contributed by atoms with Gasteiger partial charge in [0.25, 0.3) is 11.5 Å². The molecule has 1 aromatic carbocycles. The first kappa shape index (κ1) is 20.5. The number of anilines is 1. The van der Waals surface area contributed by atoms with Crippen molar-refractivity contribution in [3.63, 3.8) is 0 Å². The molecule has 10 heteroatoms. The van der Waals surface area contributed by atoms with Gasteiger partial charge in [-0.25, -0.2) is 9.97 Å². The summed E-state index contributed by atoms with van der Waals surface area (Å²) in [6.07, 6.45) is 2.39. The molecule has 9 nitrogen and oxygen atoms in total. The van der Waals surface area contributed by atoms with Gasteiger partial charge in [-0.2, -0.15) is 4.98 Å². The zero-order chi connectivity index (χ0) is 18.5. The molecule has 2 aromatic heterocycles. The van der Waals surface area contributed by atoms with Gasteiger partial charge in [-0.15, -0.1) is 5.69 Å². The molecule has 0 saturated carbocycles. The molecule has 0 atom stereocenters. The molecule has 27 heavy (non-hydrogen) atoms.